The number of ether oxygens (including phenoxy) is 1. The van der Waals surface area contributed by atoms with E-state index in [0.29, 0.717) is 17.1 Å². The van der Waals surface area contributed by atoms with Gasteiger partial charge in [-0.25, -0.2) is 9.67 Å². The lowest BCUT2D eigenvalue weighted by atomic mass is 10.1. The molecule has 2 amide bonds. The first kappa shape index (κ1) is 22.6. The minimum absolute atomic E-state index is 0.0870. The molecular formula is C20H19F3N6O3. The minimum atomic E-state index is -4.59. The highest BCUT2D eigenvalue weighted by Crippen LogP contribution is 2.33. The largest absolute Gasteiger partial charge is 0.495 e. The van der Waals surface area contributed by atoms with Crippen LogP contribution in [0.25, 0.3) is 5.69 Å². The second kappa shape index (κ2) is 9.37. The lowest BCUT2D eigenvalue weighted by Gasteiger charge is -2.16. The zero-order valence-corrected chi connectivity index (χ0v) is 17.0. The third-order valence-electron chi connectivity index (χ3n) is 4.22. The molecule has 168 valence electrons. The zero-order valence-electron chi connectivity index (χ0n) is 17.0. The van der Waals surface area contributed by atoms with Gasteiger partial charge in [-0.2, -0.15) is 18.3 Å². The number of alkyl halides is 3. The van der Waals surface area contributed by atoms with Crippen molar-refractivity contribution in [3.05, 3.63) is 54.6 Å². The van der Waals surface area contributed by atoms with Gasteiger partial charge in [0.15, 0.2) is 0 Å². The van der Waals surface area contributed by atoms with Gasteiger partial charge in [-0.1, -0.05) is 0 Å². The number of carbonyl (C=O) groups is 2. The summed E-state index contributed by atoms with van der Waals surface area (Å²) in [7, 11) is 1.44. The van der Waals surface area contributed by atoms with Crippen molar-refractivity contribution in [3.8, 4) is 11.4 Å². The summed E-state index contributed by atoms with van der Waals surface area (Å²) in [6.07, 6.45) is -2.07. The van der Waals surface area contributed by atoms with Crippen molar-refractivity contribution >= 4 is 28.9 Å². The zero-order chi connectivity index (χ0) is 23.3. The predicted molar refractivity (Wildman–Crippen MR) is 111 cm³/mol. The third-order valence-corrected chi connectivity index (χ3v) is 4.22. The number of hydrogen-bond donors (Lipinski definition) is 3. The van der Waals surface area contributed by atoms with Crippen LogP contribution >= 0.6 is 0 Å². The Balaban J connectivity index is 1.80. The highest BCUT2D eigenvalue weighted by Gasteiger charge is 2.31. The molecule has 0 unspecified atom stereocenters. The third kappa shape index (κ3) is 5.53. The summed E-state index contributed by atoms with van der Waals surface area (Å²) in [5.41, 5.74) is 0.0986. The first-order valence-electron chi connectivity index (χ1n) is 9.23. The summed E-state index contributed by atoms with van der Waals surface area (Å²) < 4.78 is 45.9. The fourth-order valence-electron chi connectivity index (χ4n) is 2.84. The molecule has 0 saturated carbocycles. The van der Waals surface area contributed by atoms with Crippen molar-refractivity contribution in [2.24, 2.45) is 0 Å². The van der Waals surface area contributed by atoms with Gasteiger partial charge in [-0.15, -0.1) is 0 Å². The Bertz CT molecular complexity index is 1120. The molecule has 0 aliphatic heterocycles. The number of nitrogens with zero attached hydrogens (tertiary/aromatic N) is 3. The molecule has 3 aromatic rings. The maximum atomic E-state index is 13.2. The highest BCUT2D eigenvalue weighted by molar-refractivity contribution is 5.96. The van der Waals surface area contributed by atoms with Gasteiger partial charge in [-0.3, -0.25) is 9.59 Å². The van der Waals surface area contributed by atoms with E-state index in [2.05, 4.69) is 26.0 Å². The van der Waals surface area contributed by atoms with Gasteiger partial charge in [-0.05, 0) is 36.4 Å². The van der Waals surface area contributed by atoms with Crippen LogP contribution in [0, 0.1) is 0 Å². The summed E-state index contributed by atoms with van der Waals surface area (Å²) in [5, 5.41) is 11.8. The van der Waals surface area contributed by atoms with E-state index in [1.807, 2.05) is 0 Å². The van der Waals surface area contributed by atoms with E-state index in [-0.39, 0.29) is 23.8 Å². The van der Waals surface area contributed by atoms with Gasteiger partial charge in [0, 0.05) is 12.6 Å². The van der Waals surface area contributed by atoms with Crippen LogP contribution in [0.15, 0.2) is 49.1 Å². The molecule has 0 saturated heterocycles. The molecule has 0 fully saturated rings. The normalized spacial score (nSPS) is 11.0. The molecule has 3 rings (SSSR count). The van der Waals surface area contributed by atoms with Crippen LogP contribution in [-0.4, -0.2) is 40.2 Å². The Hall–Kier alpha value is -4.09. The fraction of sp³-hybridized carbons (Fsp3) is 0.200. The standard InChI is InChI=1S/C20H19F3N6O3/c1-12(30)27-14-4-6-18(32-2)16(8-14)25-9-19(31)28-15-7-13(20(21,22)23)3-5-17(15)29-11-24-10-26-29/h3-8,10-11,25H,9H2,1-2H3,(H,27,30)(H,28,31). The average molecular weight is 448 g/mol. The molecule has 0 bridgehead atoms. The van der Waals surface area contributed by atoms with E-state index >= 15 is 0 Å². The van der Waals surface area contributed by atoms with Crippen molar-refractivity contribution in [3.63, 3.8) is 0 Å². The summed E-state index contributed by atoms with van der Waals surface area (Å²) in [6.45, 7) is 1.07. The van der Waals surface area contributed by atoms with Gasteiger partial charge in [0.2, 0.25) is 11.8 Å². The number of hydrogen-bond acceptors (Lipinski definition) is 6. The summed E-state index contributed by atoms with van der Waals surface area (Å²) >= 11 is 0. The number of carbonyl (C=O) groups excluding carboxylic acids is 2. The average Bonchev–Trinajstić information content (AvgIpc) is 3.26. The van der Waals surface area contributed by atoms with Crippen LogP contribution in [0.4, 0.5) is 30.2 Å². The topological polar surface area (TPSA) is 110 Å². The van der Waals surface area contributed by atoms with Gasteiger partial charge in [0.25, 0.3) is 0 Å². The number of methoxy groups -OCH3 is 1. The lowest BCUT2D eigenvalue weighted by Crippen LogP contribution is -2.23. The molecular weight excluding hydrogens is 429 g/mol. The van der Waals surface area contributed by atoms with Crippen molar-refractivity contribution in [1.29, 1.82) is 0 Å². The first-order valence-corrected chi connectivity index (χ1v) is 9.23. The molecule has 0 radical (unpaired) electrons. The van der Waals surface area contributed by atoms with E-state index < -0.39 is 17.6 Å². The van der Waals surface area contributed by atoms with Gasteiger partial charge in [0.05, 0.1) is 36.3 Å². The maximum absolute atomic E-state index is 13.2. The van der Waals surface area contributed by atoms with Crippen LogP contribution in [0.1, 0.15) is 12.5 Å². The number of aromatic nitrogens is 3. The Morgan fingerprint density at radius 2 is 1.88 bits per heavy atom. The van der Waals surface area contributed by atoms with Gasteiger partial charge in [0.1, 0.15) is 18.4 Å². The molecule has 9 nitrogen and oxygen atoms in total. The molecule has 1 aromatic heterocycles. The minimum Gasteiger partial charge on any atom is -0.495 e. The number of anilines is 3. The fourth-order valence-corrected chi connectivity index (χ4v) is 2.84. The lowest BCUT2D eigenvalue weighted by molar-refractivity contribution is -0.137. The van der Waals surface area contributed by atoms with Crippen LogP contribution in [-0.2, 0) is 15.8 Å². The van der Waals surface area contributed by atoms with E-state index in [1.54, 1.807) is 18.2 Å². The highest BCUT2D eigenvalue weighted by atomic mass is 19.4. The molecule has 0 atom stereocenters. The molecule has 1 heterocycles. The van der Waals surface area contributed by atoms with E-state index in [4.69, 9.17) is 4.74 Å². The Labute approximate surface area is 180 Å². The molecule has 0 aliphatic carbocycles. The second-order valence-corrected chi connectivity index (χ2v) is 6.57. The Morgan fingerprint density at radius 1 is 1.09 bits per heavy atom. The number of benzene rings is 2. The van der Waals surface area contributed by atoms with E-state index in [0.717, 1.165) is 12.1 Å². The monoisotopic (exact) mass is 448 g/mol. The summed E-state index contributed by atoms with van der Waals surface area (Å²) in [5.74, 6) is -0.476. The SMILES string of the molecule is COc1ccc(NC(C)=O)cc1NCC(=O)Nc1cc(C(F)(F)F)ccc1-n1cncn1. The molecule has 2 aromatic carbocycles. The molecule has 12 heteroatoms. The number of rotatable bonds is 7. The van der Waals surface area contributed by atoms with E-state index in [1.165, 1.54) is 37.4 Å². The second-order valence-electron chi connectivity index (χ2n) is 6.57. The van der Waals surface area contributed by atoms with Crippen LogP contribution in [0.3, 0.4) is 0 Å². The van der Waals surface area contributed by atoms with E-state index in [9.17, 15) is 22.8 Å². The Kier molecular flexibility index (Phi) is 6.61. The Morgan fingerprint density at radius 3 is 2.50 bits per heavy atom. The van der Waals surface area contributed by atoms with Crippen molar-refractivity contribution in [1.82, 2.24) is 14.8 Å². The quantitative estimate of drug-likeness (QED) is 0.512. The number of halogens is 3. The van der Waals surface area contributed by atoms with Crippen LogP contribution in [0.2, 0.25) is 0 Å². The predicted octanol–water partition coefficient (Wildman–Crippen LogP) is 3.30. The summed E-state index contributed by atoms with van der Waals surface area (Å²) in [6, 6.07) is 7.70. The molecule has 0 aliphatic rings. The summed E-state index contributed by atoms with van der Waals surface area (Å²) in [4.78, 5) is 27.6. The van der Waals surface area contributed by atoms with Crippen molar-refractivity contribution in [2.45, 2.75) is 13.1 Å². The van der Waals surface area contributed by atoms with Crippen LogP contribution in [0.5, 0.6) is 5.75 Å². The van der Waals surface area contributed by atoms with Gasteiger partial charge < -0.3 is 20.7 Å². The first-order chi connectivity index (χ1) is 15.2. The number of amides is 2. The molecule has 3 N–H and O–H groups in total. The van der Waals surface area contributed by atoms with Gasteiger partial charge >= 0.3 is 6.18 Å². The maximum Gasteiger partial charge on any atom is 0.416 e. The molecule has 32 heavy (non-hydrogen) atoms. The van der Waals surface area contributed by atoms with Crippen molar-refractivity contribution < 1.29 is 27.5 Å². The number of nitrogens with one attached hydrogen (secondary N) is 3. The van der Waals surface area contributed by atoms with Crippen molar-refractivity contribution in [2.75, 3.05) is 29.6 Å². The smallest absolute Gasteiger partial charge is 0.416 e. The molecule has 0 spiro atoms. The van der Waals surface area contributed by atoms with Crippen LogP contribution < -0.4 is 20.7 Å².